The summed E-state index contributed by atoms with van der Waals surface area (Å²) in [5.74, 6) is -0.445. The Morgan fingerprint density at radius 2 is 1.86 bits per heavy atom. The molecule has 0 unspecified atom stereocenters. The van der Waals surface area contributed by atoms with Crippen LogP contribution in [0.4, 0.5) is 0 Å². The number of hydrazone groups is 1. The van der Waals surface area contributed by atoms with Crippen molar-refractivity contribution in [2.24, 2.45) is 5.10 Å². The molecule has 0 bridgehead atoms. The molecular weight excluding hydrogens is 398 g/mol. The van der Waals surface area contributed by atoms with E-state index in [1.54, 1.807) is 6.08 Å². The van der Waals surface area contributed by atoms with E-state index in [1.807, 2.05) is 36.4 Å². The minimum Gasteiger partial charge on any atom is -0.271 e. The molecule has 1 amide bonds. The zero-order valence-corrected chi connectivity index (χ0v) is 16.6. The number of nitrogens with zero attached hydrogens (tertiary/aromatic N) is 2. The summed E-state index contributed by atoms with van der Waals surface area (Å²) in [5, 5.41) is 4.33. The molecule has 1 saturated heterocycles. The maximum Gasteiger partial charge on any atom is 0.258 e. The summed E-state index contributed by atoms with van der Waals surface area (Å²) in [5.41, 5.74) is 3.44. The van der Waals surface area contributed by atoms with Crippen molar-refractivity contribution < 1.29 is 13.2 Å². The second kappa shape index (κ2) is 9.14. The monoisotopic (exact) mass is 417 g/mol. The lowest BCUT2D eigenvalue weighted by atomic mass is 10.2. The number of sulfonamides is 1. The van der Waals surface area contributed by atoms with Gasteiger partial charge in [-0.15, -0.1) is 0 Å². The Morgan fingerprint density at radius 1 is 1.14 bits per heavy atom. The molecule has 1 aliphatic rings. The molecule has 1 aliphatic heterocycles. The average molecular weight is 418 g/mol. The van der Waals surface area contributed by atoms with Gasteiger partial charge in [-0.3, -0.25) is 4.79 Å². The van der Waals surface area contributed by atoms with Gasteiger partial charge < -0.3 is 0 Å². The average Bonchev–Trinajstić information content (AvgIpc) is 3.20. The van der Waals surface area contributed by atoms with Gasteiger partial charge in [0, 0.05) is 17.8 Å². The Kier molecular flexibility index (Phi) is 6.61. The predicted octanol–water partition coefficient (Wildman–Crippen LogP) is 3.31. The fraction of sp³-hybridized carbons (Fsp3) is 0.200. The van der Waals surface area contributed by atoms with Crippen molar-refractivity contribution in [2.75, 3.05) is 6.54 Å². The number of benzene rings is 2. The maximum absolute atomic E-state index is 12.8. The second-order valence-electron chi connectivity index (χ2n) is 6.25. The minimum absolute atomic E-state index is 0.117. The van der Waals surface area contributed by atoms with Crippen LogP contribution in [0, 0.1) is 0 Å². The zero-order chi connectivity index (χ0) is 20.0. The number of rotatable bonds is 6. The quantitative estimate of drug-likeness (QED) is 0.578. The second-order valence-corrected chi connectivity index (χ2v) is 8.58. The molecule has 0 aromatic heterocycles. The summed E-state index contributed by atoms with van der Waals surface area (Å²) in [4.78, 5) is 12.6. The molecule has 0 spiro atoms. The first-order valence-electron chi connectivity index (χ1n) is 8.80. The van der Waals surface area contributed by atoms with Crippen LogP contribution in [0.1, 0.15) is 18.4 Å². The lowest BCUT2D eigenvalue weighted by molar-refractivity contribution is -0.124. The molecule has 8 heteroatoms. The number of nitrogens with one attached hydrogen (secondary N) is 1. The number of allylic oxidation sites excluding steroid dienone is 1. The number of hydrogen-bond acceptors (Lipinski definition) is 4. The molecule has 0 aliphatic carbocycles. The van der Waals surface area contributed by atoms with Crippen molar-refractivity contribution in [1.29, 1.82) is 0 Å². The number of carbonyl (C=O) groups is 1. The van der Waals surface area contributed by atoms with Gasteiger partial charge >= 0.3 is 0 Å². The van der Waals surface area contributed by atoms with Gasteiger partial charge in [-0.25, -0.2) is 13.8 Å². The summed E-state index contributed by atoms with van der Waals surface area (Å²) in [6, 6.07) is 14.8. The van der Waals surface area contributed by atoms with Gasteiger partial charge in [0.05, 0.1) is 4.90 Å². The largest absolute Gasteiger partial charge is 0.271 e. The van der Waals surface area contributed by atoms with E-state index in [2.05, 4.69) is 10.5 Å². The van der Waals surface area contributed by atoms with E-state index >= 15 is 0 Å². The Labute approximate surface area is 169 Å². The zero-order valence-electron chi connectivity index (χ0n) is 15.0. The normalized spacial score (nSPS) is 18.1. The summed E-state index contributed by atoms with van der Waals surface area (Å²) < 4.78 is 26.9. The molecule has 146 valence electrons. The first kappa shape index (κ1) is 20.3. The Hall–Kier alpha value is -2.48. The molecular formula is C20H20ClN3O3S. The van der Waals surface area contributed by atoms with E-state index < -0.39 is 22.0 Å². The van der Waals surface area contributed by atoms with E-state index in [-0.39, 0.29) is 4.90 Å². The van der Waals surface area contributed by atoms with Gasteiger partial charge in [-0.1, -0.05) is 48.0 Å². The first-order chi connectivity index (χ1) is 13.5. The van der Waals surface area contributed by atoms with Crippen LogP contribution >= 0.6 is 11.6 Å². The van der Waals surface area contributed by atoms with Crippen molar-refractivity contribution in [2.45, 2.75) is 23.8 Å². The van der Waals surface area contributed by atoms with E-state index in [1.165, 1.54) is 34.8 Å². The van der Waals surface area contributed by atoms with Crippen LogP contribution in [0.3, 0.4) is 0 Å². The Balaban J connectivity index is 1.63. The number of carbonyl (C=O) groups excluding carboxylic acids is 1. The van der Waals surface area contributed by atoms with Crippen molar-refractivity contribution >= 4 is 39.8 Å². The smallest absolute Gasteiger partial charge is 0.258 e. The van der Waals surface area contributed by atoms with Gasteiger partial charge in [0.15, 0.2) is 0 Å². The molecule has 1 fully saturated rings. The fourth-order valence-corrected chi connectivity index (χ4v) is 4.75. The van der Waals surface area contributed by atoms with Gasteiger partial charge in [-0.2, -0.15) is 9.41 Å². The van der Waals surface area contributed by atoms with Crippen molar-refractivity contribution in [3.05, 3.63) is 71.3 Å². The van der Waals surface area contributed by atoms with Crippen LogP contribution in [0.15, 0.2) is 70.7 Å². The van der Waals surface area contributed by atoms with Gasteiger partial charge in [0.25, 0.3) is 5.91 Å². The highest BCUT2D eigenvalue weighted by molar-refractivity contribution is 7.89. The summed E-state index contributed by atoms with van der Waals surface area (Å²) in [6.45, 7) is 0.292. The van der Waals surface area contributed by atoms with Crippen LogP contribution in [0.2, 0.25) is 5.02 Å². The molecule has 1 N–H and O–H groups in total. The lowest BCUT2D eigenvalue weighted by Gasteiger charge is -2.22. The van der Waals surface area contributed by atoms with Crippen LogP contribution in [0.5, 0.6) is 0 Å². The highest BCUT2D eigenvalue weighted by Gasteiger charge is 2.39. The standard InChI is InChI=1S/C20H20ClN3O3S/c21-17-10-12-18(13-11-17)28(26,27)24-15-5-9-19(24)20(25)23-22-14-4-8-16-6-2-1-3-7-16/h1-4,6-8,10-14,19H,5,9,15H2,(H,23,25)/b8-4+,22-14-/t19-/m1/s1. The Bertz CT molecular complexity index is 974. The van der Waals surface area contributed by atoms with E-state index in [0.29, 0.717) is 24.4 Å². The van der Waals surface area contributed by atoms with Crippen LogP contribution < -0.4 is 5.43 Å². The molecule has 1 atom stereocenters. The first-order valence-corrected chi connectivity index (χ1v) is 10.6. The third kappa shape index (κ3) is 4.86. The van der Waals surface area contributed by atoms with Crippen LogP contribution in [0.25, 0.3) is 6.08 Å². The third-order valence-corrected chi connectivity index (χ3v) is 6.52. The van der Waals surface area contributed by atoms with Crippen molar-refractivity contribution in [3.63, 3.8) is 0 Å². The summed E-state index contributed by atoms with van der Waals surface area (Å²) in [7, 11) is -3.77. The fourth-order valence-electron chi connectivity index (χ4n) is 2.97. The topological polar surface area (TPSA) is 78.8 Å². The molecule has 2 aromatic rings. The number of halogens is 1. The molecule has 2 aromatic carbocycles. The SMILES string of the molecule is O=C(N/N=C\C=C\c1ccccc1)[C@H]1CCCN1S(=O)(=O)c1ccc(Cl)cc1. The van der Waals surface area contributed by atoms with Crippen molar-refractivity contribution in [1.82, 2.24) is 9.73 Å². The van der Waals surface area contributed by atoms with Gasteiger partial charge in [-0.05, 0) is 48.7 Å². The lowest BCUT2D eigenvalue weighted by Crippen LogP contribution is -2.44. The number of hydrogen-bond donors (Lipinski definition) is 1. The highest BCUT2D eigenvalue weighted by Crippen LogP contribution is 2.27. The predicted molar refractivity (Wildman–Crippen MR) is 110 cm³/mol. The summed E-state index contributed by atoms with van der Waals surface area (Å²) in [6.07, 6.45) is 6.07. The summed E-state index contributed by atoms with van der Waals surface area (Å²) >= 11 is 5.83. The number of amides is 1. The highest BCUT2D eigenvalue weighted by atomic mass is 35.5. The van der Waals surface area contributed by atoms with Gasteiger partial charge in [0.1, 0.15) is 6.04 Å². The molecule has 0 radical (unpaired) electrons. The Morgan fingerprint density at radius 3 is 2.57 bits per heavy atom. The maximum atomic E-state index is 12.8. The minimum atomic E-state index is -3.77. The van der Waals surface area contributed by atoms with Crippen LogP contribution in [-0.4, -0.2) is 37.4 Å². The molecule has 28 heavy (non-hydrogen) atoms. The van der Waals surface area contributed by atoms with Crippen molar-refractivity contribution in [3.8, 4) is 0 Å². The van der Waals surface area contributed by atoms with E-state index in [0.717, 1.165) is 5.56 Å². The molecule has 0 saturated carbocycles. The van der Waals surface area contributed by atoms with Crippen LogP contribution in [-0.2, 0) is 14.8 Å². The third-order valence-electron chi connectivity index (χ3n) is 4.35. The molecule has 1 heterocycles. The van der Waals surface area contributed by atoms with Gasteiger partial charge in [0.2, 0.25) is 10.0 Å². The molecule has 6 nitrogen and oxygen atoms in total. The van der Waals surface area contributed by atoms with E-state index in [9.17, 15) is 13.2 Å². The molecule has 3 rings (SSSR count). The van der Waals surface area contributed by atoms with E-state index in [4.69, 9.17) is 11.6 Å².